The highest BCUT2D eigenvalue weighted by Gasteiger charge is 2.26. The lowest BCUT2D eigenvalue weighted by Gasteiger charge is -2.32. The Morgan fingerprint density at radius 3 is 2.29 bits per heavy atom. The van der Waals surface area contributed by atoms with Crippen LogP contribution in [0.2, 0.25) is 0 Å². The number of ether oxygens (including phenoxy) is 1. The molecule has 1 amide bonds. The molecule has 0 radical (unpaired) electrons. The van der Waals surface area contributed by atoms with E-state index in [2.05, 4.69) is 34.5 Å². The molecule has 1 aliphatic rings. The number of nitrogens with zero attached hydrogens (tertiary/aromatic N) is 1. The second-order valence-electron chi connectivity index (χ2n) is 8.25. The summed E-state index contributed by atoms with van der Waals surface area (Å²) in [6, 6.07) is 28.3. The Balaban J connectivity index is 1.26. The second kappa shape index (κ2) is 10.3. The topological polar surface area (TPSA) is 41.6 Å². The number of nitrogens with one attached hydrogen (secondary N) is 1. The van der Waals surface area contributed by atoms with Crippen LogP contribution in [0.3, 0.4) is 0 Å². The molecular weight excluding hydrogens is 384 g/mol. The van der Waals surface area contributed by atoms with Crippen molar-refractivity contribution in [3.63, 3.8) is 0 Å². The molecule has 0 aliphatic carbocycles. The maximum atomic E-state index is 12.7. The number of amides is 1. The standard InChI is InChI=1S/C27H30N2O2/c1-21(23-10-4-2-5-11-23)28-27(30)24-15-17-29(18-16-24)20-22-9-8-14-26(19-22)31-25-12-6-3-7-13-25/h2-14,19,21,24H,15-18,20H2,1H3,(H,28,30)/t21-/m0/s1. The lowest BCUT2D eigenvalue weighted by Crippen LogP contribution is -2.40. The van der Waals surface area contributed by atoms with Crippen molar-refractivity contribution in [2.45, 2.75) is 32.4 Å². The number of hydrogen-bond donors (Lipinski definition) is 1. The van der Waals surface area contributed by atoms with Crippen molar-refractivity contribution in [2.75, 3.05) is 13.1 Å². The highest BCUT2D eigenvalue weighted by atomic mass is 16.5. The van der Waals surface area contributed by atoms with Gasteiger partial charge in [-0.25, -0.2) is 0 Å². The molecule has 1 aliphatic heterocycles. The van der Waals surface area contributed by atoms with Crippen LogP contribution in [0.5, 0.6) is 11.5 Å². The van der Waals surface area contributed by atoms with Gasteiger partial charge in [0.2, 0.25) is 5.91 Å². The van der Waals surface area contributed by atoms with Crippen molar-refractivity contribution in [2.24, 2.45) is 5.92 Å². The van der Waals surface area contributed by atoms with Crippen LogP contribution in [0, 0.1) is 5.92 Å². The van der Waals surface area contributed by atoms with Gasteiger partial charge in [0.15, 0.2) is 0 Å². The van der Waals surface area contributed by atoms with Crippen LogP contribution in [-0.2, 0) is 11.3 Å². The Labute approximate surface area is 184 Å². The molecule has 31 heavy (non-hydrogen) atoms. The van der Waals surface area contributed by atoms with E-state index in [1.807, 2.05) is 67.6 Å². The zero-order chi connectivity index (χ0) is 21.5. The summed E-state index contributed by atoms with van der Waals surface area (Å²) in [6.07, 6.45) is 1.79. The molecule has 4 rings (SSSR count). The predicted molar refractivity (Wildman–Crippen MR) is 124 cm³/mol. The minimum atomic E-state index is 0.0408. The van der Waals surface area contributed by atoms with Crippen molar-refractivity contribution >= 4 is 5.91 Å². The molecule has 4 nitrogen and oxygen atoms in total. The molecule has 0 unspecified atom stereocenters. The van der Waals surface area contributed by atoms with Gasteiger partial charge in [-0.05, 0) is 68.2 Å². The summed E-state index contributed by atoms with van der Waals surface area (Å²) in [5.74, 6) is 1.97. The van der Waals surface area contributed by atoms with Crippen molar-refractivity contribution in [1.29, 1.82) is 0 Å². The van der Waals surface area contributed by atoms with Gasteiger partial charge in [0, 0.05) is 12.5 Å². The lowest BCUT2D eigenvalue weighted by atomic mass is 9.95. The van der Waals surface area contributed by atoms with Crippen molar-refractivity contribution in [3.8, 4) is 11.5 Å². The second-order valence-corrected chi connectivity index (χ2v) is 8.25. The molecule has 3 aromatic carbocycles. The first-order valence-electron chi connectivity index (χ1n) is 11.1. The van der Waals surface area contributed by atoms with Crippen LogP contribution in [0.1, 0.15) is 36.9 Å². The number of benzene rings is 3. The van der Waals surface area contributed by atoms with Crippen LogP contribution < -0.4 is 10.1 Å². The number of para-hydroxylation sites is 1. The normalized spacial score (nSPS) is 15.9. The summed E-state index contributed by atoms with van der Waals surface area (Å²) in [6.45, 7) is 4.79. The number of carbonyl (C=O) groups is 1. The number of likely N-dealkylation sites (tertiary alicyclic amines) is 1. The van der Waals surface area contributed by atoms with Gasteiger partial charge in [0.1, 0.15) is 11.5 Å². The number of hydrogen-bond acceptors (Lipinski definition) is 3. The van der Waals surface area contributed by atoms with Crippen LogP contribution in [0.25, 0.3) is 0 Å². The fourth-order valence-corrected chi connectivity index (χ4v) is 4.10. The quantitative estimate of drug-likeness (QED) is 0.550. The van der Waals surface area contributed by atoms with Crippen molar-refractivity contribution in [1.82, 2.24) is 10.2 Å². The molecule has 1 atom stereocenters. The largest absolute Gasteiger partial charge is 0.457 e. The van der Waals surface area contributed by atoms with Crippen LogP contribution in [-0.4, -0.2) is 23.9 Å². The van der Waals surface area contributed by atoms with Gasteiger partial charge < -0.3 is 10.1 Å². The van der Waals surface area contributed by atoms with E-state index in [4.69, 9.17) is 4.74 Å². The monoisotopic (exact) mass is 414 g/mol. The minimum absolute atomic E-state index is 0.0408. The zero-order valence-corrected chi connectivity index (χ0v) is 18.0. The maximum Gasteiger partial charge on any atom is 0.223 e. The average Bonchev–Trinajstić information content (AvgIpc) is 2.81. The fraction of sp³-hybridized carbons (Fsp3) is 0.296. The fourth-order valence-electron chi connectivity index (χ4n) is 4.10. The summed E-state index contributed by atoms with van der Waals surface area (Å²) in [7, 11) is 0. The first-order valence-corrected chi connectivity index (χ1v) is 11.1. The predicted octanol–water partition coefficient (Wildman–Crippen LogP) is 5.57. The highest BCUT2D eigenvalue weighted by Crippen LogP contribution is 2.24. The molecule has 0 bridgehead atoms. The molecule has 1 saturated heterocycles. The Hall–Kier alpha value is -3.11. The molecule has 1 N–H and O–H groups in total. The van der Waals surface area contributed by atoms with E-state index in [1.165, 1.54) is 5.56 Å². The molecule has 0 spiro atoms. The summed E-state index contributed by atoms with van der Waals surface area (Å²) in [5.41, 5.74) is 2.37. The highest BCUT2D eigenvalue weighted by molar-refractivity contribution is 5.79. The maximum absolute atomic E-state index is 12.7. The van der Waals surface area contributed by atoms with E-state index in [0.29, 0.717) is 0 Å². The third-order valence-corrected chi connectivity index (χ3v) is 5.90. The Kier molecular flexibility index (Phi) is 7.00. The van der Waals surface area contributed by atoms with E-state index < -0.39 is 0 Å². The smallest absolute Gasteiger partial charge is 0.223 e. The zero-order valence-electron chi connectivity index (χ0n) is 18.0. The van der Waals surface area contributed by atoms with Gasteiger partial charge in [-0.3, -0.25) is 9.69 Å². The Morgan fingerprint density at radius 2 is 1.58 bits per heavy atom. The molecule has 4 heteroatoms. The van der Waals surface area contributed by atoms with Gasteiger partial charge in [-0.1, -0.05) is 60.7 Å². The van der Waals surface area contributed by atoms with Gasteiger partial charge in [0.05, 0.1) is 6.04 Å². The summed E-state index contributed by atoms with van der Waals surface area (Å²) >= 11 is 0. The van der Waals surface area contributed by atoms with Crippen LogP contribution in [0.15, 0.2) is 84.9 Å². The third kappa shape index (κ3) is 5.96. The van der Waals surface area contributed by atoms with E-state index in [9.17, 15) is 4.79 Å². The lowest BCUT2D eigenvalue weighted by molar-refractivity contribution is -0.127. The van der Waals surface area contributed by atoms with Crippen molar-refractivity contribution < 1.29 is 9.53 Å². The van der Waals surface area contributed by atoms with Crippen LogP contribution >= 0.6 is 0 Å². The number of piperidine rings is 1. The van der Waals surface area contributed by atoms with Gasteiger partial charge in [0.25, 0.3) is 0 Å². The summed E-state index contributed by atoms with van der Waals surface area (Å²) in [4.78, 5) is 15.1. The third-order valence-electron chi connectivity index (χ3n) is 5.90. The van der Waals surface area contributed by atoms with E-state index in [1.54, 1.807) is 0 Å². The van der Waals surface area contributed by atoms with Gasteiger partial charge in [-0.15, -0.1) is 0 Å². The van der Waals surface area contributed by atoms with Gasteiger partial charge in [-0.2, -0.15) is 0 Å². The minimum Gasteiger partial charge on any atom is -0.457 e. The summed E-state index contributed by atoms with van der Waals surface area (Å²) in [5, 5.41) is 3.19. The van der Waals surface area contributed by atoms with Crippen molar-refractivity contribution in [3.05, 3.63) is 96.1 Å². The number of rotatable bonds is 7. The summed E-state index contributed by atoms with van der Waals surface area (Å²) < 4.78 is 5.96. The Bertz CT molecular complexity index is 967. The molecule has 1 heterocycles. The first-order chi connectivity index (χ1) is 15.2. The van der Waals surface area contributed by atoms with Gasteiger partial charge >= 0.3 is 0 Å². The average molecular weight is 415 g/mol. The number of carbonyl (C=O) groups excluding carboxylic acids is 1. The van der Waals surface area contributed by atoms with E-state index >= 15 is 0 Å². The molecule has 160 valence electrons. The van der Waals surface area contributed by atoms with E-state index in [0.717, 1.165) is 49.5 Å². The molecular formula is C27H30N2O2. The van der Waals surface area contributed by atoms with Crippen LogP contribution in [0.4, 0.5) is 0 Å². The van der Waals surface area contributed by atoms with E-state index in [-0.39, 0.29) is 17.9 Å². The molecule has 0 saturated carbocycles. The molecule has 3 aromatic rings. The molecule has 0 aromatic heterocycles. The Morgan fingerprint density at radius 1 is 0.935 bits per heavy atom. The SMILES string of the molecule is C[C@H](NC(=O)C1CCN(Cc2cccc(Oc3ccccc3)c2)CC1)c1ccccc1. The first kappa shape index (κ1) is 21.1. The molecule has 1 fully saturated rings.